The molecule has 3 heteroatoms. The monoisotopic (exact) mass is 253 g/mol. The Bertz CT molecular complexity index is 348. The summed E-state index contributed by atoms with van der Waals surface area (Å²) >= 11 is 5.71. The molecule has 2 nitrogen and oxygen atoms in total. The first kappa shape index (κ1) is 14.0. The number of amides is 1. The number of rotatable bonds is 6. The fourth-order valence-electron chi connectivity index (χ4n) is 1.48. The molecule has 1 unspecified atom stereocenters. The van der Waals surface area contributed by atoms with Crippen LogP contribution in [0, 0.1) is 5.92 Å². The first-order valence-corrected chi connectivity index (χ1v) is 6.59. The number of carbonyl (C=O) groups is 1. The zero-order valence-corrected chi connectivity index (χ0v) is 11.3. The Morgan fingerprint density at radius 2 is 1.88 bits per heavy atom. The lowest BCUT2D eigenvalue weighted by Gasteiger charge is -2.09. The molecule has 94 valence electrons. The van der Waals surface area contributed by atoms with Crippen molar-refractivity contribution < 1.29 is 4.79 Å². The van der Waals surface area contributed by atoms with Crippen molar-refractivity contribution in [3.63, 3.8) is 0 Å². The first-order chi connectivity index (χ1) is 8.15. The number of hydrogen-bond acceptors (Lipinski definition) is 1. The van der Waals surface area contributed by atoms with E-state index >= 15 is 0 Å². The maximum Gasteiger partial charge on any atom is 0.220 e. The lowest BCUT2D eigenvalue weighted by Crippen LogP contribution is -2.24. The molecule has 17 heavy (non-hydrogen) atoms. The molecule has 0 aliphatic heterocycles. The lowest BCUT2D eigenvalue weighted by molar-refractivity contribution is -0.122. The third kappa shape index (κ3) is 5.22. The van der Waals surface area contributed by atoms with Gasteiger partial charge in [0.05, 0.1) is 0 Å². The van der Waals surface area contributed by atoms with Crippen molar-refractivity contribution in [2.75, 3.05) is 0 Å². The molecule has 0 saturated heterocycles. The Balaban J connectivity index is 2.36. The minimum Gasteiger partial charge on any atom is -0.352 e. The van der Waals surface area contributed by atoms with Gasteiger partial charge >= 0.3 is 0 Å². The number of halogens is 1. The van der Waals surface area contributed by atoms with Crippen LogP contribution >= 0.6 is 11.6 Å². The highest BCUT2D eigenvalue weighted by atomic mass is 35.5. The van der Waals surface area contributed by atoms with Gasteiger partial charge in [-0.1, -0.05) is 44.5 Å². The van der Waals surface area contributed by atoms with E-state index in [1.165, 1.54) is 0 Å². The van der Waals surface area contributed by atoms with E-state index < -0.39 is 0 Å². The molecule has 0 spiro atoms. The van der Waals surface area contributed by atoms with Crippen molar-refractivity contribution in [2.45, 2.75) is 39.1 Å². The predicted octanol–water partition coefficient (Wildman–Crippen LogP) is 3.48. The van der Waals surface area contributed by atoms with Gasteiger partial charge in [-0.25, -0.2) is 0 Å². The molecule has 0 aromatic heterocycles. The SMILES string of the molecule is CCC(C)CC(=O)NCc1ccc(CCl)cc1. The van der Waals surface area contributed by atoms with Gasteiger partial charge in [-0.3, -0.25) is 4.79 Å². The Labute approximate surface area is 108 Å². The van der Waals surface area contributed by atoms with Gasteiger partial charge in [0.2, 0.25) is 5.91 Å². The second-order valence-electron chi connectivity index (χ2n) is 4.44. The second kappa shape index (κ2) is 7.33. The Hall–Kier alpha value is -1.02. The summed E-state index contributed by atoms with van der Waals surface area (Å²) in [7, 11) is 0. The van der Waals surface area contributed by atoms with Crippen LogP contribution in [0.25, 0.3) is 0 Å². The van der Waals surface area contributed by atoms with Crippen molar-refractivity contribution in [1.82, 2.24) is 5.32 Å². The Morgan fingerprint density at radius 3 is 2.41 bits per heavy atom. The summed E-state index contributed by atoms with van der Waals surface area (Å²) in [4.78, 5) is 11.6. The van der Waals surface area contributed by atoms with E-state index in [1.54, 1.807) is 0 Å². The fourth-order valence-corrected chi connectivity index (χ4v) is 1.66. The molecule has 0 fully saturated rings. The summed E-state index contributed by atoms with van der Waals surface area (Å²) in [6, 6.07) is 7.98. The Morgan fingerprint density at radius 1 is 1.29 bits per heavy atom. The van der Waals surface area contributed by atoms with Gasteiger partial charge in [-0.05, 0) is 17.0 Å². The van der Waals surface area contributed by atoms with Crippen molar-refractivity contribution >= 4 is 17.5 Å². The summed E-state index contributed by atoms with van der Waals surface area (Å²) in [5.74, 6) is 1.11. The minimum absolute atomic E-state index is 0.126. The summed E-state index contributed by atoms with van der Waals surface area (Å²) < 4.78 is 0. The van der Waals surface area contributed by atoms with E-state index in [1.807, 2.05) is 24.3 Å². The average molecular weight is 254 g/mol. The molecule has 1 rings (SSSR count). The van der Waals surface area contributed by atoms with Gasteiger partial charge < -0.3 is 5.32 Å². The standard InChI is InChI=1S/C14H20ClNO/c1-3-11(2)8-14(17)16-10-13-6-4-12(9-15)5-7-13/h4-7,11H,3,8-10H2,1-2H3,(H,16,17). The Kier molecular flexibility index (Phi) is 6.06. The summed E-state index contributed by atoms with van der Waals surface area (Å²) in [5, 5.41) is 2.93. The van der Waals surface area contributed by atoms with Crippen LogP contribution in [0.3, 0.4) is 0 Å². The van der Waals surface area contributed by atoms with Crippen LogP contribution in [0.2, 0.25) is 0 Å². The quantitative estimate of drug-likeness (QED) is 0.773. The number of benzene rings is 1. The summed E-state index contributed by atoms with van der Waals surface area (Å²) in [6.45, 7) is 4.79. The molecule has 0 bridgehead atoms. The first-order valence-electron chi connectivity index (χ1n) is 6.06. The molecule has 0 radical (unpaired) electrons. The van der Waals surface area contributed by atoms with E-state index in [0.29, 0.717) is 24.8 Å². The molecular formula is C14H20ClNO. The van der Waals surface area contributed by atoms with E-state index in [0.717, 1.165) is 17.5 Å². The normalized spacial score (nSPS) is 12.2. The van der Waals surface area contributed by atoms with Gasteiger partial charge in [-0.2, -0.15) is 0 Å². The average Bonchev–Trinajstić information content (AvgIpc) is 2.36. The topological polar surface area (TPSA) is 29.1 Å². The number of alkyl halides is 1. The molecule has 0 aliphatic carbocycles. The zero-order valence-electron chi connectivity index (χ0n) is 10.5. The van der Waals surface area contributed by atoms with Crippen molar-refractivity contribution in [2.24, 2.45) is 5.92 Å². The summed E-state index contributed by atoms with van der Waals surface area (Å²) in [6.07, 6.45) is 1.65. The largest absolute Gasteiger partial charge is 0.352 e. The van der Waals surface area contributed by atoms with Crippen LogP contribution < -0.4 is 5.32 Å². The third-order valence-corrected chi connectivity index (χ3v) is 3.21. The number of carbonyl (C=O) groups excluding carboxylic acids is 1. The number of nitrogens with one attached hydrogen (secondary N) is 1. The van der Waals surface area contributed by atoms with Crippen molar-refractivity contribution in [3.05, 3.63) is 35.4 Å². The van der Waals surface area contributed by atoms with Gasteiger partial charge in [0.15, 0.2) is 0 Å². The van der Waals surface area contributed by atoms with Crippen LogP contribution in [-0.2, 0) is 17.2 Å². The minimum atomic E-state index is 0.126. The fraction of sp³-hybridized carbons (Fsp3) is 0.500. The van der Waals surface area contributed by atoms with Gasteiger partial charge in [0.1, 0.15) is 0 Å². The van der Waals surface area contributed by atoms with Crippen LogP contribution in [0.4, 0.5) is 0 Å². The van der Waals surface area contributed by atoms with Crippen LogP contribution in [0.5, 0.6) is 0 Å². The molecule has 1 atom stereocenters. The third-order valence-electron chi connectivity index (χ3n) is 2.90. The highest BCUT2D eigenvalue weighted by Gasteiger charge is 2.06. The van der Waals surface area contributed by atoms with E-state index in [4.69, 9.17) is 11.6 Å². The van der Waals surface area contributed by atoms with Crippen LogP contribution in [0.1, 0.15) is 37.8 Å². The zero-order chi connectivity index (χ0) is 12.7. The van der Waals surface area contributed by atoms with Crippen molar-refractivity contribution in [1.29, 1.82) is 0 Å². The maximum atomic E-state index is 11.6. The molecule has 1 aromatic carbocycles. The smallest absolute Gasteiger partial charge is 0.220 e. The molecule has 0 heterocycles. The molecule has 1 aromatic rings. The van der Waals surface area contributed by atoms with Gasteiger partial charge in [0.25, 0.3) is 0 Å². The van der Waals surface area contributed by atoms with E-state index in [-0.39, 0.29) is 5.91 Å². The summed E-state index contributed by atoms with van der Waals surface area (Å²) in [5.41, 5.74) is 2.21. The molecule has 1 N–H and O–H groups in total. The molecular weight excluding hydrogens is 234 g/mol. The second-order valence-corrected chi connectivity index (χ2v) is 4.71. The van der Waals surface area contributed by atoms with Crippen molar-refractivity contribution in [3.8, 4) is 0 Å². The molecule has 0 aliphatic rings. The highest BCUT2D eigenvalue weighted by Crippen LogP contribution is 2.08. The molecule has 1 amide bonds. The van der Waals surface area contributed by atoms with Gasteiger partial charge in [0, 0.05) is 18.8 Å². The molecule has 0 saturated carbocycles. The predicted molar refractivity (Wildman–Crippen MR) is 71.9 cm³/mol. The number of hydrogen-bond donors (Lipinski definition) is 1. The maximum absolute atomic E-state index is 11.6. The van der Waals surface area contributed by atoms with E-state index in [9.17, 15) is 4.79 Å². The lowest BCUT2D eigenvalue weighted by atomic mass is 10.0. The van der Waals surface area contributed by atoms with E-state index in [2.05, 4.69) is 19.2 Å². The van der Waals surface area contributed by atoms with Gasteiger partial charge in [-0.15, -0.1) is 11.6 Å². The van der Waals surface area contributed by atoms with Crippen LogP contribution in [0.15, 0.2) is 24.3 Å². The highest BCUT2D eigenvalue weighted by molar-refractivity contribution is 6.17. The van der Waals surface area contributed by atoms with Crippen LogP contribution in [-0.4, -0.2) is 5.91 Å².